The van der Waals surface area contributed by atoms with Crippen molar-refractivity contribution in [2.45, 2.75) is 19.4 Å². The second kappa shape index (κ2) is 4.98. The molecular weight excluding hydrogens is 197 g/mol. The van der Waals surface area contributed by atoms with E-state index in [9.17, 15) is 4.39 Å². The molecule has 1 aromatic carbocycles. The van der Waals surface area contributed by atoms with Gasteiger partial charge in [0.1, 0.15) is 5.82 Å². The van der Waals surface area contributed by atoms with Crippen molar-refractivity contribution in [1.29, 1.82) is 0 Å². The Balaban J connectivity index is 3.16. The average Bonchev–Trinajstić information content (AvgIpc) is 2.15. The summed E-state index contributed by atoms with van der Waals surface area (Å²) in [5.74, 6) is 0.604. The molecule has 0 aliphatic heterocycles. The van der Waals surface area contributed by atoms with Crippen LogP contribution in [-0.4, -0.2) is 20.3 Å². The molecule has 3 nitrogen and oxygen atoms in total. The van der Waals surface area contributed by atoms with E-state index in [0.717, 1.165) is 5.56 Å². The van der Waals surface area contributed by atoms with E-state index in [4.69, 9.17) is 15.2 Å². The largest absolute Gasteiger partial charge is 0.493 e. The molecule has 0 aliphatic carbocycles. The van der Waals surface area contributed by atoms with E-state index in [1.54, 1.807) is 0 Å². The Kier molecular flexibility index (Phi) is 3.91. The fraction of sp³-hybridized carbons (Fsp3) is 0.455. The minimum Gasteiger partial charge on any atom is -0.493 e. The van der Waals surface area contributed by atoms with E-state index >= 15 is 0 Å². The summed E-state index contributed by atoms with van der Waals surface area (Å²) in [5.41, 5.74) is 6.40. The third kappa shape index (κ3) is 2.83. The molecule has 0 saturated heterocycles. The number of nitrogens with two attached hydrogens (primary N) is 1. The van der Waals surface area contributed by atoms with Gasteiger partial charge in [-0.3, -0.25) is 0 Å². The van der Waals surface area contributed by atoms with Crippen LogP contribution in [0.3, 0.4) is 0 Å². The van der Waals surface area contributed by atoms with Gasteiger partial charge in [0.05, 0.1) is 14.2 Å². The van der Waals surface area contributed by atoms with Crippen molar-refractivity contribution in [1.82, 2.24) is 0 Å². The highest BCUT2D eigenvalue weighted by Crippen LogP contribution is 2.32. The Morgan fingerprint density at radius 1 is 1.33 bits per heavy atom. The fourth-order valence-electron chi connectivity index (χ4n) is 1.50. The van der Waals surface area contributed by atoms with Crippen LogP contribution < -0.4 is 15.2 Å². The maximum atomic E-state index is 13.2. The summed E-state index contributed by atoms with van der Waals surface area (Å²) in [5, 5.41) is 0. The average molecular weight is 213 g/mol. The quantitative estimate of drug-likeness (QED) is 0.828. The summed E-state index contributed by atoms with van der Waals surface area (Å²) in [6.07, 6.45) is 0.553. The standard InChI is InChI=1S/C11H16FNO2/c1-7(13)4-8-5-9(12)6-10(14-2)11(8)15-3/h5-7H,4,13H2,1-3H3. The first-order valence-electron chi connectivity index (χ1n) is 4.74. The van der Waals surface area contributed by atoms with Crippen molar-refractivity contribution < 1.29 is 13.9 Å². The highest BCUT2D eigenvalue weighted by atomic mass is 19.1. The van der Waals surface area contributed by atoms with E-state index in [2.05, 4.69) is 0 Å². The summed E-state index contributed by atoms with van der Waals surface area (Å²) in [6, 6.07) is 2.67. The van der Waals surface area contributed by atoms with Gasteiger partial charge < -0.3 is 15.2 Å². The summed E-state index contributed by atoms with van der Waals surface area (Å²) in [6.45, 7) is 1.86. The zero-order chi connectivity index (χ0) is 11.4. The molecule has 1 atom stereocenters. The fourth-order valence-corrected chi connectivity index (χ4v) is 1.50. The molecule has 2 N–H and O–H groups in total. The number of ether oxygens (including phenoxy) is 2. The second-order valence-corrected chi connectivity index (χ2v) is 3.48. The molecule has 0 aromatic heterocycles. The Hall–Kier alpha value is -1.29. The maximum absolute atomic E-state index is 13.2. The van der Waals surface area contributed by atoms with Crippen molar-refractivity contribution in [3.05, 3.63) is 23.5 Å². The topological polar surface area (TPSA) is 44.5 Å². The van der Waals surface area contributed by atoms with Gasteiger partial charge in [-0.05, 0) is 19.4 Å². The molecule has 15 heavy (non-hydrogen) atoms. The molecule has 84 valence electrons. The Morgan fingerprint density at radius 2 is 2.00 bits per heavy atom. The minimum atomic E-state index is -0.344. The Bertz CT molecular complexity index is 340. The first-order chi connectivity index (χ1) is 7.08. The molecule has 1 aromatic rings. The van der Waals surface area contributed by atoms with Gasteiger partial charge in [-0.25, -0.2) is 4.39 Å². The second-order valence-electron chi connectivity index (χ2n) is 3.48. The van der Waals surface area contributed by atoms with Gasteiger partial charge in [-0.15, -0.1) is 0 Å². The Morgan fingerprint density at radius 3 is 2.47 bits per heavy atom. The van der Waals surface area contributed by atoms with Gasteiger partial charge in [0.2, 0.25) is 0 Å². The van der Waals surface area contributed by atoms with E-state index in [1.807, 2.05) is 6.92 Å². The normalized spacial score (nSPS) is 12.3. The van der Waals surface area contributed by atoms with Crippen LogP contribution in [0.25, 0.3) is 0 Å². The first-order valence-corrected chi connectivity index (χ1v) is 4.74. The Labute approximate surface area is 89.0 Å². The van der Waals surface area contributed by atoms with Gasteiger partial charge in [0, 0.05) is 17.7 Å². The molecule has 0 amide bonds. The predicted molar refractivity (Wildman–Crippen MR) is 56.9 cm³/mol. The number of halogens is 1. The van der Waals surface area contributed by atoms with Crippen LogP contribution in [0.1, 0.15) is 12.5 Å². The summed E-state index contributed by atoms with van der Waals surface area (Å²) >= 11 is 0. The molecule has 1 rings (SSSR count). The van der Waals surface area contributed by atoms with Crippen molar-refractivity contribution in [3.63, 3.8) is 0 Å². The van der Waals surface area contributed by atoms with Crippen LogP contribution in [0.15, 0.2) is 12.1 Å². The van der Waals surface area contributed by atoms with Gasteiger partial charge in [0.25, 0.3) is 0 Å². The molecule has 0 fully saturated rings. The minimum absolute atomic E-state index is 0.0505. The number of hydrogen-bond donors (Lipinski definition) is 1. The number of hydrogen-bond acceptors (Lipinski definition) is 3. The highest BCUT2D eigenvalue weighted by molar-refractivity contribution is 5.47. The summed E-state index contributed by atoms with van der Waals surface area (Å²) in [4.78, 5) is 0. The van der Waals surface area contributed by atoms with Crippen LogP contribution in [0.4, 0.5) is 4.39 Å². The molecule has 0 heterocycles. The zero-order valence-electron chi connectivity index (χ0n) is 9.21. The molecule has 0 spiro atoms. The van der Waals surface area contributed by atoms with Crippen LogP contribution >= 0.6 is 0 Å². The monoisotopic (exact) mass is 213 g/mol. The summed E-state index contributed by atoms with van der Waals surface area (Å²) in [7, 11) is 3.01. The molecule has 4 heteroatoms. The molecule has 1 unspecified atom stereocenters. The van der Waals surface area contributed by atoms with Gasteiger partial charge in [-0.1, -0.05) is 0 Å². The lowest BCUT2D eigenvalue weighted by atomic mass is 10.1. The number of rotatable bonds is 4. The van der Waals surface area contributed by atoms with Gasteiger partial charge in [-0.2, -0.15) is 0 Å². The van der Waals surface area contributed by atoms with Crippen molar-refractivity contribution >= 4 is 0 Å². The third-order valence-electron chi connectivity index (χ3n) is 2.06. The molecular formula is C11H16FNO2. The highest BCUT2D eigenvalue weighted by Gasteiger charge is 2.13. The van der Waals surface area contributed by atoms with E-state index in [0.29, 0.717) is 17.9 Å². The lowest BCUT2D eigenvalue weighted by molar-refractivity contribution is 0.348. The van der Waals surface area contributed by atoms with Crippen molar-refractivity contribution in [3.8, 4) is 11.5 Å². The van der Waals surface area contributed by atoms with Crippen molar-refractivity contribution in [2.75, 3.05) is 14.2 Å². The summed E-state index contributed by atoms with van der Waals surface area (Å²) < 4.78 is 23.4. The molecule has 0 saturated carbocycles. The molecule has 0 radical (unpaired) electrons. The van der Waals surface area contributed by atoms with Crippen LogP contribution in [0, 0.1) is 5.82 Å². The van der Waals surface area contributed by atoms with Gasteiger partial charge >= 0.3 is 0 Å². The third-order valence-corrected chi connectivity index (χ3v) is 2.06. The molecule has 0 aliphatic rings. The smallest absolute Gasteiger partial charge is 0.164 e. The maximum Gasteiger partial charge on any atom is 0.164 e. The van der Waals surface area contributed by atoms with Crippen LogP contribution in [0.2, 0.25) is 0 Å². The van der Waals surface area contributed by atoms with Gasteiger partial charge in [0.15, 0.2) is 11.5 Å². The van der Waals surface area contributed by atoms with Crippen molar-refractivity contribution in [2.24, 2.45) is 5.73 Å². The lowest BCUT2D eigenvalue weighted by Gasteiger charge is -2.14. The first kappa shape index (κ1) is 11.8. The van der Waals surface area contributed by atoms with E-state index < -0.39 is 0 Å². The zero-order valence-corrected chi connectivity index (χ0v) is 9.21. The van der Waals surface area contributed by atoms with Crippen LogP contribution in [0.5, 0.6) is 11.5 Å². The lowest BCUT2D eigenvalue weighted by Crippen LogP contribution is -2.18. The number of benzene rings is 1. The molecule has 0 bridgehead atoms. The predicted octanol–water partition coefficient (Wildman–Crippen LogP) is 1.73. The van der Waals surface area contributed by atoms with Crippen LogP contribution in [-0.2, 0) is 6.42 Å². The van der Waals surface area contributed by atoms with E-state index in [1.165, 1.54) is 26.4 Å². The SMILES string of the molecule is COc1cc(F)cc(CC(C)N)c1OC. The number of methoxy groups -OCH3 is 2. The van der Waals surface area contributed by atoms with E-state index in [-0.39, 0.29) is 11.9 Å².